The second kappa shape index (κ2) is 5.48. The summed E-state index contributed by atoms with van der Waals surface area (Å²) >= 11 is 0. The summed E-state index contributed by atoms with van der Waals surface area (Å²) < 4.78 is 25.0. The number of nitrogens with zero attached hydrogens (tertiary/aromatic N) is 2. The highest BCUT2D eigenvalue weighted by atomic mass is 32.2. The summed E-state index contributed by atoms with van der Waals surface area (Å²) in [6, 6.07) is 4.06. The third kappa shape index (κ3) is 3.14. The highest BCUT2D eigenvalue weighted by Crippen LogP contribution is 2.37. The van der Waals surface area contributed by atoms with Gasteiger partial charge in [0.05, 0.1) is 29.4 Å². The number of benzene rings is 1. The van der Waals surface area contributed by atoms with E-state index >= 15 is 0 Å². The minimum Gasteiger partial charge on any atom is -0.465 e. The summed E-state index contributed by atoms with van der Waals surface area (Å²) in [4.78, 5) is 25.8. The molecule has 0 bridgehead atoms. The Balaban J connectivity index is 2.57. The van der Waals surface area contributed by atoms with Gasteiger partial charge in [-0.2, -0.15) is 0 Å². The van der Waals surface area contributed by atoms with Gasteiger partial charge in [0.1, 0.15) is 0 Å². The van der Waals surface area contributed by atoms with Gasteiger partial charge in [0.25, 0.3) is 0 Å². The molecule has 0 saturated heterocycles. The number of rotatable bonds is 2. The first-order valence-corrected chi connectivity index (χ1v) is 8.41. The third-order valence-corrected chi connectivity index (χ3v) is 3.89. The maximum atomic E-state index is 11.9. The fraction of sp³-hybridized carbons (Fsp3) is 0.385. The van der Waals surface area contributed by atoms with Crippen molar-refractivity contribution in [2.45, 2.75) is 19.9 Å². The molecule has 0 unspecified atom stereocenters. The predicted molar refractivity (Wildman–Crippen MR) is 82.9 cm³/mol. The minimum absolute atomic E-state index is 0.154. The van der Waals surface area contributed by atoms with Gasteiger partial charge in [-0.15, -0.1) is 0 Å². The lowest BCUT2D eigenvalue weighted by Crippen LogP contribution is -2.51. The molecule has 1 aromatic carbocycles. The number of carbonyl (C=O) groups excluding carboxylic acids is 1. The molecule has 9 heteroatoms. The van der Waals surface area contributed by atoms with Crippen LogP contribution >= 0.6 is 0 Å². The van der Waals surface area contributed by atoms with Crippen molar-refractivity contribution in [3.05, 3.63) is 18.2 Å². The maximum Gasteiger partial charge on any atom is 0.411 e. The topological polar surface area (TPSA) is 107 Å². The second-order valence-corrected chi connectivity index (χ2v) is 6.96. The zero-order chi connectivity index (χ0) is 16.7. The van der Waals surface area contributed by atoms with E-state index in [1.54, 1.807) is 6.92 Å². The zero-order valence-electron chi connectivity index (χ0n) is 12.4. The quantitative estimate of drug-likeness (QED) is 0.851. The standard InChI is InChI=1S/C13H17N3O5S/c1-8-7-15(13(18)19)11-5-4-10(14-22(3,20)21)6-12(11)16(8)9(2)17/h4-6,8,14H,7H2,1-3H3,(H,18,19)/t8-/m0/s1. The largest absolute Gasteiger partial charge is 0.465 e. The van der Waals surface area contributed by atoms with Crippen LogP contribution in [0.5, 0.6) is 0 Å². The molecule has 1 aliphatic heterocycles. The van der Waals surface area contributed by atoms with Crippen molar-refractivity contribution < 1.29 is 23.1 Å². The summed E-state index contributed by atoms with van der Waals surface area (Å²) in [5.41, 5.74) is 0.981. The Labute approximate surface area is 128 Å². The Hall–Kier alpha value is -2.29. The lowest BCUT2D eigenvalue weighted by atomic mass is 10.1. The third-order valence-electron chi connectivity index (χ3n) is 3.29. The number of hydrogen-bond acceptors (Lipinski definition) is 4. The van der Waals surface area contributed by atoms with Crippen molar-refractivity contribution in [1.82, 2.24) is 0 Å². The Morgan fingerprint density at radius 1 is 1.32 bits per heavy atom. The molecule has 22 heavy (non-hydrogen) atoms. The van der Waals surface area contributed by atoms with Gasteiger partial charge in [0.2, 0.25) is 15.9 Å². The van der Waals surface area contributed by atoms with Gasteiger partial charge < -0.3 is 10.0 Å². The van der Waals surface area contributed by atoms with E-state index < -0.39 is 16.1 Å². The van der Waals surface area contributed by atoms with Gasteiger partial charge >= 0.3 is 6.09 Å². The van der Waals surface area contributed by atoms with Crippen LogP contribution in [0.4, 0.5) is 21.9 Å². The molecule has 1 atom stereocenters. The SMILES string of the molecule is CC(=O)N1c2cc(NS(C)(=O)=O)ccc2N(C(=O)O)C[C@@H]1C. The molecule has 0 fully saturated rings. The highest BCUT2D eigenvalue weighted by Gasteiger charge is 2.33. The Bertz CT molecular complexity index is 731. The molecule has 0 aliphatic carbocycles. The molecule has 1 heterocycles. The molecule has 1 aliphatic rings. The Kier molecular flexibility index (Phi) is 4.01. The summed E-state index contributed by atoms with van der Waals surface area (Å²) in [5, 5.41) is 9.29. The molecular formula is C13H17N3O5S. The number of amides is 2. The number of nitrogens with one attached hydrogen (secondary N) is 1. The molecule has 0 radical (unpaired) electrons. The van der Waals surface area contributed by atoms with E-state index in [-0.39, 0.29) is 24.2 Å². The van der Waals surface area contributed by atoms with Gasteiger partial charge in [0, 0.05) is 13.5 Å². The van der Waals surface area contributed by atoms with Crippen molar-refractivity contribution in [1.29, 1.82) is 0 Å². The molecule has 2 N–H and O–H groups in total. The fourth-order valence-corrected chi connectivity index (χ4v) is 3.12. The Morgan fingerprint density at radius 2 is 1.95 bits per heavy atom. The van der Waals surface area contributed by atoms with E-state index in [4.69, 9.17) is 0 Å². The summed E-state index contributed by atoms with van der Waals surface area (Å²) in [6.07, 6.45) is -0.110. The molecule has 2 rings (SSSR count). The summed E-state index contributed by atoms with van der Waals surface area (Å²) in [5.74, 6) is -0.240. The monoisotopic (exact) mass is 327 g/mol. The van der Waals surface area contributed by atoms with E-state index in [0.29, 0.717) is 11.4 Å². The van der Waals surface area contributed by atoms with Crippen LogP contribution in [0.3, 0.4) is 0 Å². The number of fused-ring (bicyclic) bond motifs is 1. The van der Waals surface area contributed by atoms with Gasteiger partial charge in [-0.25, -0.2) is 13.2 Å². The lowest BCUT2D eigenvalue weighted by molar-refractivity contribution is -0.117. The highest BCUT2D eigenvalue weighted by molar-refractivity contribution is 7.92. The van der Waals surface area contributed by atoms with Crippen molar-refractivity contribution in [3.63, 3.8) is 0 Å². The predicted octanol–water partition coefficient (Wildman–Crippen LogP) is 1.30. The van der Waals surface area contributed by atoms with Gasteiger partial charge in [-0.1, -0.05) is 0 Å². The smallest absolute Gasteiger partial charge is 0.411 e. The molecular weight excluding hydrogens is 310 g/mol. The van der Waals surface area contributed by atoms with Gasteiger partial charge in [-0.3, -0.25) is 14.4 Å². The van der Waals surface area contributed by atoms with Crippen LogP contribution < -0.4 is 14.5 Å². The van der Waals surface area contributed by atoms with Crippen LogP contribution in [-0.2, 0) is 14.8 Å². The van der Waals surface area contributed by atoms with E-state index in [2.05, 4.69) is 4.72 Å². The first kappa shape index (κ1) is 16.1. The second-order valence-electron chi connectivity index (χ2n) is 5.21. The van der Waals surface area contributed by atoms with Gasteiger partial charge in [-0.05, 0) is 25.1 Å². The van der Waals surface area contributed by atoms with Crippen LogP contribution in [-0.4, -0.2) is 44.4 Å². The first-order chi connectivity index (χ1) is 10.1. The summed E-state index contributed by atoms with van der Waals surface area (Å²) in [6.45, 7) is 3.27. The van der Waals surface area contributed by atoms with Crippen molar-refractivity contribution in [3.8, 4) is 0 Å². The number of hydrogen-bond donors (Lipinski definition) is 2. The fourth-order valence-electron chi connectivity index (χ4n) is 2.56. The van der Waals surface area contributed by atoms with Gasteiger partial charge in [0.15, 0.2) is 0 Å². The average molecular weight is 327 g/mol. The molecule has 2 amide bonds. The van der Waals surface area contributed by atoms with Crippen LogP contribution in [0.2, 0.25) is 0 Å². The molecule has 8 nitrogen and oxygen atoms in total. The molecule has 0 saturated carbocycles. The number of carbonyl (C=O) groups is 2. The number of carboxylic acid groups (broad SMARTS) is 1. The van der Waals surface area contributed by atoms with E-state index in [1.807, 2.05) is 0 Å². The maximum absolute atomic E-state index is 11.9. The first-order valence-electron chi connectivity index (χ1n) is 6.52. The van der Waals surface area contributed by atoms with Crippen LogP contribution in [0.15, 0.2) is 18.2 Å². The van der Waals surface area contributed by atoms with Crippen molar-refractivity contribution >= 4 is 39.1 Å². The van der Waals surface area contributed by atoms with E-state index in [1.165, 1.54) is 30.0 Å². The number of sulfonamides is 1. The summed E-state index contributed by atoms with van der Waals surface area (Å²) in [7, 11) is -3.47. The number of anilines is 3. The lowest BCUT2D eigenvalue weighted by Gasteiger charge is -2.39. The molecule has 120 valence electrons. The van der Waals surface area contributed by atoms with E-state index in [0.717, 1.165) is 11.2 Å². The van der Waals surface area contributed by atoms with Crippen LogP contribution in [0.1, 0.15) is 13.8 Å². The van der Waals surface area contributed by atoms with Crippen molar-refractivity contribution in [2.24, 2.45) is 0 Å². The average Bonchev–Trinajstić information content (AvgIpc) is 2.34. The van der Waals surface area contributed by atoms with Crippen molar-refractivity contribution in [2.75, 3.05) is 27.3 Å². The Morgan fingerprint density at radius 3 is 2.45 bits per heavy atom. The van der Waals surface area contributed by atoms with Crippen LogP contribution in [0, 0.1) is 0 Å². The molecule has 0 spiro atoms. The minimum atomic E-state index is -3.47. The normalized spacial score (nSPS) is 17.9. The van der Waals surface area contributed by atoms with E-state index in [9.17, 15) is 23.1 Å². The molecule has 1 aromatic rings. The zero-order valence-corrected chi connectivity index (χ0v) is 13.2. The van der Waals surface area contributed by atoms with Crippen LogP contribution in [0.25, 0.3) is 0 Å². The molecule has 0 aromatic heterocycles.